The van der Waals surface area contributed by atoms with Crippen molar-refractivity contribution in [3.05, 3.63) is 53.6 Å². The first-order valence-corrected chi connectivity index (χ1v) is 8.25. The maximum Gasteiger partial charge on any atom is 0.307 e. The number of ether oxygens (including phenoxy) is 2. The van der Waals surface area contributed by atoms with Gasteiger partial charge in [-0.2, -0.15) is 0 Å². The van der Waals surface area contributed by atoms with Crippen molar-refractivity contribution in [2.24, 2.45) is 5.92 Å². The number of hydrogen-bond acceptors (Lipinski definition) is 4. The molecule has 0 aliphatic carbocycles. The highest BCUT2D eigenvalue weighted by Gasteiger charge is 2.15. The Balaban J connectivity index is 1.98. The van der Waals surface area contributed by atoms with Gasteiger partial charge in [0, 0.05) is 11.6 Å². The van der Waals surface area contributed by atoms with Crippen molar-refractivity contribution in [1.29, 1.82) is 0 Å². The number of aliphatic carboxylic acids is 1. The monoisotopic (exact) mass is 357 g/mol. The summed E-state index contributed by atoms with van der Waals surface area (Å²) in [6, 6.07) is 12.4. The highest BCUT2D eigenvalue weighted by molar-refractivity contribution is 5.92. The summed E-state index contributed by atoms with van der Waals surface area (Å²) in [5.41, 5.74) is 2.30. The maximum atomic E-state index is 12.4. The van der Waals surface area contributed by atoms with Gasteiger partial charge in [-0.25, -0.2) is 0 Å². The Morgan fingerprint density at radius 1 is 1.00 bits per heavy atom. The van der Waals surface area contributed by atoms with Gasteiger partial charge in [0.15, 0.2) is 11.5 Å². The normalized spacial score (nSPS) is 11.5. The summed E-state index contributed by atoms with van der Waals surface area (Å²) < 4.78 is 10.5. The molecule has 138 valence electrons. The molecule has 1 amide bonds. The van der Waals surface area contributed by atoms with Crippen LogP contribution in [0.3, 0.4) is 0 Å². The molecule has 1 atom stereocenters. The first-order chi connectivity index (χ1) is 12.4. The Morgan fingerprint density at radius 2 is 1.62 bits per heavy atom. The van der Waals surface area contributed by atoms with Crippen LogP contribution in [-0.2, 0) is 22.4 Å². The van der Waals surface area contributed by atoms with Gasteiger partial charge >= 0.3 is 5.97 Å². The molecule has 6 heteroatoms. The zero-order valence-electron chi connectivity index (χ0n) is 15.1. The summed E-state index contributed by atoms with van der Waals surface area (Å²) >= 11 is 0. The highest BCUT2D eigenvalue weighted by Crippen LogP contribution is 2.28. The first kappa shape index (κ1) is 19.3. The average molecular weight is 357 g/mol. The summed E-state index contributed by atoms with van der Waals surface area (Å²) in [5, 5.41) is 11.6. The predicted octanol–water partition coefficient (Wildman–Crippen LogP) is 3.15. The van der Waals surface area contributed by atoms with Crippen LogP contribution in [0.4, 0.5) is 5.69 Å². The molecule has 0 spiro atoms. The minimum absolute atomic E-state index is 0.0378. The van der Waals surface area contributed by atoms with Crippen molar-refractivity contribution in [3.63, 3.8) is 0 Å². The number of benzene rings is 2. The van der Waals surface area contributed by atoms with Gasteiger partial charge in [-0.05, 0) is 41.8 Å². The number of hydrogen-bond donors (Lipinski definition) is 2. The van der Waals surface area contributed by atoms with Gasteiger partial charge < -0.3 is 19.9 Å². The van der Waals surface area contributed by atoms with Crippen molar-refractivity contribution in [2.45, 2.75) is 19.8 Å². The van der Waals surface area contributed by atoms with E-state index in [9.17, 15) is 9.59 Å². The van der Waals surface area contributed by atoms with Gasteiger partial charge in [0.2, 0.25) is 5.91 Å². The van der Waals surface area contributed by atoms with Crippen LogP contribution in [0.15, 0.2) is 42.5 Å². The Bertz CT molecular complexity index is 770. The van der Waals surface area contributed by atoms with Crippen molar-refractivity contribution < 1.29 is 24.2 Å². The van der Waals surface area contributed by atoms with E-state index in [4.69, 9.17) is 14.6 Å². The topological polar surface area (TPSA) is 84.9 Å². The lowest BCUT2D eigenvalue weighted by Gasteiger charge is -2.14. The van der Waals surface area contributed by atoms with E-state index in [1.165, 1.54) is 0 Å². The highest BCUT2D eigenvalue weighted by atomic mass is 16.5. The third kappa shape index (κ3) is 5.24. The Morgan fingerprint density at radius 3 is 2.19 bits per heavy atom. The molecular formula is C20H23NO5. The van der Waals surface area contributed by atoms with Crippen LogP contribution in [-0.4, -0.2) is 31.2 Å². The average Bonchev–Trinajstić information content (AvgIpc) is 2.62. The van der Waals surface area contributed by atoms with E-state index in [2.05, 4.69) is 5.32 Å². The van der Waals surface area contributed by atoms with Gasteiger partial charge in [0.25, 0.3) is 0 Å². The van der Waals surface area contributed by atoms with E-state index < -0.39 is 5.97 Å². The van der Waals surface area contributed by atoms with Crippen LogP contribution < -0.4 is 14.8 Å². The first-order valence-electron chi connectivity index (χ1n) is 8.25. The lowest BCUT2D eigenvalue weighted by atomic mass is 9.99. The number of carbonyl (C=O) groups excluding carboxylic acids is 1. The van der Waals surface area contributed by atoms with Gasteiger partial charge in [-0.15, -0.1) is 0 Å². The summed E-state index contributed by atoms with van der Waals surface area (Å²) in [6.45, 7) is 1.85. The zero-order valence-corrected chi connectivity index (χ0v) is 15.1. The molecule has 0 heterocycles. The van der Waals surface area contributed by atoms with Crippen LogP contribution in [0.1, 0.15) is 18.1 Å². The molecular weight excluding hydrogens is 334 g/mol. The van der Waals surface area contributed by atoms with Crippen LogP contribution in [0.5, 0.6) is 11.5 Å². The number of carboxylic acids is 1. The van der Waals surface area contributed by atoms with E-state index in [-0.39, 0.29) is 18.2 Å². The molecule has 0 saturated heterocycles. The minimum atomic E-state index is -0.884. The molecule has 0 fully saturated rings. The van der Waals surface area contributed by atoms with E-state index in [1.807, 2.05) is 25.1 Å². The fraction of sp³-hybridized carbons (Fsp3) is 0.300. The quantitative estimate of drug-likeness (QED) is 0.758. The second-order valence-corrected chi connectivity index (χ2v) is 6.05. The SMILES string of the molecule is COc1ccc(CC(C)C(=O)Nc2ccc(CC(=O)O)cc2)cc1OC. The molecule has 0 aliphatic heterocycles. The molecule has 6 nitrogen and oxygen atoms in total. The number of carboxylic acid groups (broad SMARTS) is 1. The number of amides is 1. The van der Waals surface area contributed by atoms with E-state index in [1.54, 1.807) is 38.5 Å². The third-order valence-corrected chi connectivity index (χ3v) is 4.01. The number of carbonyl (C=O) groups is 2. The summed E-state index contributed by atoms with van der Waals surface area (Å²) in [5.74, 6) is 0.0457. The fourth-order valence-electron chi connectivity index (χ4n) is 2.60. The minimum Gasteiger partial charge on any atom is -0.493 e. The molecule has 2 aromatic carbocycles. The molecule has 2 rings (SSSR count). The zero-order chi connectivity index (χ0) is 19.1. The molecule has 1 unspecified atom stereocenters. The van der Waals surface area contributed by atoms with Crippen molar-refractivity contribution in [2.75, 3.05) is 19.5 Å². The number of anilines is 1. The fourth-order valence-corrected chi connectivity index (χ4v) is 2.60. The lowest BCUT2D eigenvalue weighted by Crippen LogP contribution is -2.22. The van der Waals surface area contributed by atoms with Crippen LogP contribution in [0.2, 0.25) is 0 Å². The molecule has 0 radical (unpaired) electrons. The second-order valence-electron chi connectivity index (χ2n) is 6.05. The van der Waals surface area contributed by atoms with E-state index >= 15 is 0 Å². The smallest absolute Gasteiger partial charge is 0.307 e. The molecule has 2 aromatic rings. The number of rotatable bonds is 8. The van der Waals surface area contributed by atoms with Gasteiger partial charge in [0.1, 0.15) is 0 Å². The van der Waals surface area contributed by atoms with Gasteiger partial charge in [0.05, 0.1) is 20.6 Å². The Labute approximate surface area is 152 Å². The van der Waals surface area contributed by atoms with Crippen molar-refractivity contribution >= 4 is 17.6 Å². The molecule has 0 bridgehead atoms. The number of nitrogens with one attached hydrogen (secondary N) is 1. The molecule has 0 aliphatic rings. The third-order valence-electron chi connectivity index (χ3n) is 4.01. The summed E-state index contributed by atoms with van der Waals surface area (Å²) in [4.78, 5) is 23.1. The largest absolute Gasteiger partial charge is 0.493 e. The predicted molar refractivity (Wildman–Crippen MR) is 98.8 cm³/mol. The standard InChI is InChI=1S/C20H23NO5/c1-13(10-15-6-9-17(25-2)18(11-15)26-3)20(24)21-16-7-4-14(5-8-16)12-19(22)23/h4-9,11,13H,10,12H2,1-3H3,(H,21,24)(H,22,23). The Hall–Kier alpha value is -3.02. The maximum absolute atomic E-state index is 12.4. The lowest BCUT2D eigenvalue weighted by molar-refractivity contribution is -0.136. The van der Waals surface area contributed by atoms with E-state index in [0.29, 0.717) is 29.2 Å². The van der Waals surface area contributed by atoms with Crippen LogP contribution in [0.25, 0.3) is 0 Å². The summed E-state index contributed by atoms with van der Waals surface area (Å²) in [6.07, 6.45) is 0.521. The van der Waals surface area contributed by atoms with Crippen LogP contribution in [0, 0.1) is 5.92 Å². The van der Waals surface area contributed by atoms with E-state index in [0.717, 1.165) is 5.56 Å². The molecule has 0 aromatic heterocycles. The van der Waals surface area contributed by atoms with Gasteiger partial charge in [-0.3, -0.25) is 9.59 Å². The van der Waals surface area contributed by atoms with Crippen molar-refractivity contribution in [1.82, 2.24) is 0 Å². The van der Waals surface area contributed by atoms with Crippen LogP contribution >= 0.6 is 0 Å². The second kappa shape index (κ2) is 8.89. The molecule has 0 saturated carbocycles. The summed E-state index contributed by atoms with van der Waals surface area (Å²) in [7, 11) is 3.15. The Kier molecular flexibility index (Phi) is 6.60. The molecule has 26 heavy (non-hydrogen) atoms. The molecule has 2 N–H and O–H groups in total. The number of methoxy groups -OCH3 is 2. The van der Waals surface area contributed by atoms with Crippen molar-refractivity contribution in [3.8, 4) is 11.5 Å². The van der Waals surface area contributed by atoms with Gasteiger partial charge in [-0.1, -0.05) is 25.1 Å².